The summed E-state index contributed by atoms with van der Waals surface area (Å²) in [6.45, 7) is 6.11. The fourth-order valence-electron chi connectivity index (χ4n) is 4.15. The minimum atomic E-state index is -0.652. The van der Waals surface area contributed by atoms with E-state index in [4.69, 9.17) is 25.8 Å². The van der Waals surface area contributed by atoms with Crippen LogP contribution in [0.15, 0.2) is 36.4 Å². The number of Topliss-reactive ketones (excluding diaryl/α,β-unsaturated/α-hetero) is 1. The van der Waals surface area contributed by atoms with Gasteiger partial charge in [0.2, 0.25) is 0 Å². The highest BCUT2D eigenvalue weighted by Crippen LogP contribution is 2.34. The van der Waals surface area contributed by atoms with Gasteiger partial charge in [0.25, 0.3) is 0 Å². The van der Waals surface area contributed by atoms with Gasteiger partial charge >= 0.3 is 0 Å². The Balaban J connectivity index is 1.30. The Morgan fingerprint density at radius 1 is 1.19 bits per heavy atom. The quantitative estimate of drug-likeness (QED) is 0.681. The summed E-state index contributed by atoms with van der Waals surface area (Å²) >= 11 is 6.31. The van der Waals surface area contributed by atoms with Crippen LogP contribution in [0.3, 0.4) is 0 Å². The van der Waals surface area contributed by atoms with Gasteiger partial charge in [-0.3, -0.25) is 9.69 Å². The molecule has 2 unspecified atom stereocenters. The summed E-state index contributed by atoms with van der Waals surface area (Å²) in [6.07, 6.45) is -1.11. The Hall–Kier alpha value is -2.32. The number of ether oxygens (including phenoxy) is 3. The molecular formula is C24H29ClN2O5. The number of hydrogen-bond acceptors (Lipinski definition) is 7. The van der Waals surface area contributed by atoms with Crippen molar-refractivity contribution in [2.75, 3.05) is 51.3 Å². The number of benzene rings is 2. The van der Waals surface area contributed by atoms with Crippen LogP contribution in [0.4, 0.5) is 5.69 Å². The van der Waals surface area contributed by atoms with E-state index in [1.165, 1.54) is 7.11 Å². The van der Waals surface area contributed by atoms with Gasteiger partial charge in [-0.15, -0.1) is 0 Å². The molecule has 2 heterocycles. The molecule has 2 atom stereocenters. The van der Waals surface area contributed by atoms with Gasteiger partial charge < -0.3 is 24.2 Å². The standard InChI is InChI=1S/C24H29ClN2O5/c1-16-24(29)19-12-22(30-2)23(11-17(19)14-31-16)32-15-18(28)13-26-7-9-27(10-8-26)21-6-4-3-5-20(21)25/h3-6,11-12,16,18,28H,7-10,13-15H2,1-2H3. The Labute approximate surface area is 193 Å². The van der Waals surface area contributed by atoms with Crippen LogP contribution in [0, 0.1) is 0 Å². The predicted molar refractivity (Wildman–Crippen MR) is 123 cm³/mol. The van der Waals surface area contributed by atoms with Crippen molar-refractivity contribution in [1.82, 2.24) is 4.90 Å². The minimum Gasteiger partial charge on any atom is -0.493 e. The lowest BCUT2D eigenvalue weighted by Gasteiger charge is -2.37. The van der Waals surface area contributed by atoms with E-state index < -0.39 is 12.2 Å². The number of piperazine rings is 1. The molecule has 7 nitrogen and oxygen atoms in total. The van der Waals surface area contributed by atoms with Gasteiger partial charge in [-0.05, 0) is 36.8 Å². The SMILES string of the molecule is COc1cc2c(cc1OCC(O)CN1CCN(c3ccccc3Cl)CC1)COC(C)C2=O. The molecule has 0 saturated carbocycles. The number of anilines is 1. The number of β-amino-alcohol motifs (C(OH)–C–C–N with tert-alkyl or cyclic N) is 1. The molecule has 172 valence electrons. The molecule has 32 heavy (non-hydrogen) atoms. The lowest BCUT2D eigenvalue weighted by molar-refractivity contribution is 0.0333. The Kier molecular flexibility index (Phi) is 7.20. The number of hydrogen-bond donors (Lipinski definition) is 1. The molecule has 1 fully saturated rings. The first-order valence-corrected chi connectivity index (χ1v) is 11.2. The maximum Gasteiger partial charge on any atom is 0.191 e. The topological polar surface area (TPSA) is 71.5 Å². The number of aliphatic hydroxyl groups is 1. The zero-order valence-electron chi connectivity index (χ0n) is 18.4. The number of nitrogens with zero attached hydrogens (tertiary/aromatic N) is 2. The van der Waals surface area contributed by atoms with Crippen molar-refractivity contribution in [2.24, 2.45) is 0 Å². The van der Waals surface area contributed by atoms with E-state index in [0.717, 1.165) is 42.5 Å². The maximum absolute atomic E-state index is 12.3. The number of halogens is 1. The van der Waals surface area contributed by atoms with Crippen molar-refractivity contribution in [3.05, 3.63) is 52.5 Å². The van der Waals surface area contributed by atoms with Crippen LogP contribution in [-0.4, -0.2) is 74.4 Å². The summed E-state index contributed by atoms with van der Waals surface area (Å²) in [5.41, 5.74) is 2.42. The normalized spacial score (nSPS) is 20.1. The summed E-state index contributed by atoms with van der Waals surface area (Å²) in [5, 5.41) is 11.3. The van der Waals surface area contributed by atoms with Crippen molar-refractivity contribution >= 4 is 23.1 Å². The number of carbonyl (C=O) groups is 1. The second-order valence-electron chi connectivity index (χ2n) is 8.18. The predicted octanol–water partition coefficient (Wildman–Crippen LogP) is 3.01. The van der Waals surface area contributed by atoms with Crippen molar-refractivity contribution in [1.29, 1.82) is 0 Å². The van der Waals surface area contributed by atoms with Crippen LogP contribution < -0.4 is 14.4 Å². The number of rotatable bonds is 7. The first-order chi connectivity index (χ1) is 15.5. The molecular weight excluding hydrogens is 432 g/mol. The third-order valence-electron chi connectivity index (χ3n) is 5.98. The van der Waals surface area contributed by atoms with Crippen LogP contribution in [0.5, 0.6) is 11.5 Å². The van der Waals surface area contributed by atoms with Gasteiger partial charge in [0.15, 0.2) is 17.3 Å². The van der Waals surface area contributed by atoms with Gasteiger partial charge in [-0.2, -0.15) is 0 Å². The molecule has 0 aromatic heterocycles. The number of carbonyl (C=O) groups excluding carboxylic acids is 1. The van der Waals surface area contributed by atoms with E-state index >= 15 is 0 Å². The van der Waals surface area contributed by atoms with Crippen LogP contribution in [0.2, 0.25) is 5.02 Å². The number of aliphatic hydroxyl groups excluding tert-OH is 1. The van der Waals surface area contributed by atoms with Gasteiger partial charge in [0.1, 0.15) is 18.8 Å². The second-order valence-corrected chi connectivity index (χ2v) is 8.59. The molecule has 0 amide bonds. The summed E-state index contributed by atoms with van der Waals surface area (Å²) in [4.78, 5) is 16.8. The van der Waals surface area contributed by atoms with E-state index in [1.54, 1.807) is 19.1 Å². The van der Waals surface area contributed by atoms with Crippen molar-refractivity contribution < 1.29 is 24.1 Å². The van der Waals surface area contributed by atoms with Crippen LogP contribution >= 0.6 is 11.6 Å². The fraction of sp³-hybridized carbons (Fsp3) is 0.458. The van der Waals surface area contributed by atoms with Crippen LogP contribution in [-0.2, 0) is 11.3 Å². The monoisotopic (exact) mass is 460 g/mol. The Bertz CT molecular complexity index is 961. The van der Waals surface area contributed by atoms with E-state index in [-0.39, 0.29) is 12.4 Å². The van der Waals surface area contributed by atoms with E-state index in [9.17, 15) is 9.90 Å². The number of ketones is 1. The first-order valence-electron chi connectivity index (χ1n) is 10.9. The highest BCUT2D eigenvalue weighted by Gasteiger charge is 2.27. The molecule has 1 saturated heterocycles. The molecule has 2 aliphatic heterocycles. The number of fused-ring (bicyclic) bond motifs is 1. The lowest BCUT2D eigenvalue weighted by Crippen LogP contribution is -2.49. The highest BCUT2D eigenvalue weighted by molar-refractivity contribution is 6.33. The molecule has 8 heteroatoms. The lowest BCUT2D eigenvalue weighted by atomic mass is 9.97. The average molecular weight is 461 g/mol. The molecule has 1 N–H and O–H groups in total. The van der Waals surface area contributed by atoms with Crippen LogP contribution in [0.25, 0.3) is 0 Å². The fourth-order valence-corrected chi connectivity index (χ4v) is 4.40. The number of para-hydroxylation sites is 1. The van der Waals surface area contributed by atoms with Crippen LogP contribution in [0.1, 0.15) is 22.8 Å². The summed E-state index contributed by atoms with van der Waals surface area (Å²) in [5.74, 6) is 0.915. The largest absolute Gasteiger partial charge is 0.493 e. The smallest absolute Gasteiger partial charge is 0.191 e. The minimum absolute atomic E-state index is 0.0629. The van der Waals surface area contributed by atoms with Crippen molar-refractivity contribution in [3.63, 3.8) is 0 Å². The van der Waals surface area contributed by atoms with Gasteiger partial charge in [-0.1, -0.05) is 23.7 Å². The van der Waals surface area contributed by atoms with Gasteiger partial charge in [-0.25, -0.2) is 0 Å². The van der Waals surface area contributed by atoms with E-state index in [2.05, 4.69) is 9.80 Å². The molecule has 0 spiro atoms. The maximum atomic E-state index is 12.3. The summed E-state index contributed by atoms with van der Waals surface area (Å²) in [6, 6.07) is 11.3. The third kappa shape index (κ3) is 5.02. The van der Waals surface area contributed by atoms with E-state index in [0.29, 0.717) is 30.2 Å². The van der Waals surface area contributed by atoms with Gasteiger partial charge in [0.05, 0.1) is 24.4 Å². The summed E-state index contributed by atoms with van der Waals surface area (Å²) < 4.78 is 16.8. The zero-order chi connectivity index (χ0) is 22.7. The molecule has 0 aliphatic carbocycles. The molecule has 0 radical (unpaired) electrons. The van der Waals surface area contributed by atoms with Crippen molar-refractivity contribution in [3.8, 4) is 11.5 Å². The zero-order valence-corrected chi connectivity index (χ0v) is 19.2. The second kappa shape index (κ2) is 10.1. The average Bonchev–Trinajstić information content (AvgIpc) is 2.81. The third-order valence-corrected chi connectivity index (χ3v) is 6.30. The molecule has 2 aromatic rings. The molecule has 2 aromatic carbocycles. The Morgan fingerprint density at radius 3 is 2.66 bits per heavy atom. The first kappa shape index (κ1) is 22.9. The molecule has 4 rings (SSSR count). The Morgan fingerprint density at radius 2 is 1.94 bits per heavy atom. The van der Waals surface area contributed by atoms with Crippen molar-refractivity contribution in [2.45, 2.75) is 25.7 Å². The molecule has 2 aliphatic rings. The molecule has 0 bridgehead atoms. The highest BCUT2D eigenvalue weighted by atomic mass is 35.5. The van der Waals surface area contributed by atoms with Gasteiger partial charge in [0, 0.05) is 38.3 Å². The number of methoxy groups -OCH3 is 1. The summed E-state index contributed by atoms with van der Waals surface area (Å²) in [7, 11) is 1.54. The van der Waals surface area contributed by atoms with E-state index in [1.807, 2.05) is 24.3 Å².